The number of nitro groups is 1. The molecule has 3 rings (SSSR count). The van der Waals surface area contributed by atoms with Crippen LogP contribution in [0.3, 0.4) is 0 Å². The number of hydrogen-bond donors (Lipinski definition) is 0. The van der Waals surface area contributed by atoms with Gasteiger partial charge in [0.25, 0.3) is 5.69 Å². The molecule has 0 amide bonds. The minimum atomic E-state index is -0.432. The average molecular weight is 335 g/mol. The first-order chi connectivity index (χ1) is 12.2. The molecule has 3 aromatic carbocycles. The lowest BCUT2D eigenvalue weighted by Crippen LogP contribution is -2.01. The van der Waals surface area contributed by atoms with Gasteiger partial charge in [0.2, 0.25) is 0 Å². The van der Waals surface area contributed by atoms with Crippen molar-refractivity contribution in [1.82, 2.24) is 0 Å². The summed E-state index contributed by atoms with van der Waals surface area (Å²) in [6.45, 7) is 0.445. The van der Waals surface area contributed by atoms with Crippen molar-refractivity contribution in [3.05, 3.63) is 94.5 Å². The van der Waals surface area contributed by atoms with Gasteiger partial charge in [-0.05, 0) is 35.9 Å². The zero-order valence-electron chi connectivity index (χ0n) is 13.5. The van der Waals surface area contributed by atoms with Crippen LogP contribution in [0.25, 0.3) is 0 Å². The standard InChI is InChI=1S/C20H17NO4/c22-21(23)17-5-4-8-20(15-17)24-14-13-16-9-11-19(12-10-16)25-18-6-2-1-3-7-18/h1-12,15H,13-14H2. The molecular formula is C20H17NO4. The number of rotatable bonds is 7. The van der Waals surface area contributed by atoms with Crippen LogP contribution in [0.1, 0.15) is 5.56 Å². The first kappa shape index (κ1) is 16.5. The first-order valence-electron chi connectivity index (χ1n) is 7.90. The summed E-state index contributed by atoms with van der Waals surface area (Å²) in [5.41, 5.74) is 1.13. The molecule has 25 heavy (non-hydrogen) atoms. The smallest absolute Gasteiger partial charge is 0.273 e. The molecule has 0 bridgehead atoms. The highest BCUT2D eigenvalue weighted by Crippen LogP contribution is 2.22. The van der Waals surface area contributed by atoms with Gasteiger partial charge in [-0.2, -0.15) is 0 Å². The Hall–Kier alpha value is -3.34. The monoisotopic (exact) mass is 335 g/mol. The van der Waals surface area contributed by atoms with E-state index in [2.05, 4.69) is 0 Å². The number of non-ortho nitro benzene ring substituents is 1. The van der Waals surface area contributed by atoms with Gasteiger partial charge in [-0.25, -0.2) is 0 Å². The van der Waals surface area contributed by atoms with E-state index in [1.54, 1.807) is 12.1 Å². The summed E-state index contributed by atoms with van der Waals surface area (Å²) in [7, 11) is 0. The van der Waals surface area contributed by atoms with Gasteiger partial charge >= 0.3 is 0 Å². The van der Waals surface area contributed by atoms with Gasteiger partial charge in [-0.15, -0.1) is 0 Å². The Bertz CT molecular complexity index is 832. The molecule has 5 nitrogen and oxygen atoms in total. The molecule has 5 heteroatoms. The summed E-state index contributed by atoms with van der Waals surface area (Å²) >= 11 is 0. The third-order valence-electron chi connectivity index (χ3n) is 3.59. The molecular weight excluding hydrogens is 318 g/mol. The highest BCUT2D eigenvalue weighted by molar-refractivity contribution is 5.38. The van der Waals surface area contributed by atoms with Crippen LogP contribution in [0, 0.1) is 10.1 Å². The molecule has 0 spiro atoms. The first-order valence-corrected chi connectivity index (χ1v) is 7.90. The van der Waals surface area contributed by atoms with Crippen LogP contribution in [0.5, 0.6) is 17.2 Å². The van der Waals surface area contributed by atoms with Crippen LogP contribution in [0.4, 0.5) is 5.69 Å². The molecule has 0 radical (unpaired) electrons. The molecule has 0 atom stereocenters. The van der Waals surface area contributed by atoms with Crippen LogP contribution in [-0.4, -0.2) is 11.5 Å². The van der Waals surface area contributed by atoms with Crippen LogP contribution in [-0.2, 0) is 6.42 Å². The minimum Gasteiger partial charge on any atom is -0.493 e. The summed E-state index contributed by atoms with van der Waals surface area (Å²) in [6.07, 6.45) is 0.703. The quantitative estimate of drug-likeness (QED) is 0.450. The van der Waals surface area contributed by atoms with Gasteiger partial charge in [0.05, 0.1) is 17.6 Å². The van der Waals surface area contributed by atoms with Crippen LogP contribution >= 0.6 is 0 Å². The van der Waals surface area contributed by atoms with Crippen molar-refractivity contribution in [3.8, 4) is 17.2 Å². The van der Waals surface area contributed by atoms with E-state index >= 15 is 0 Å². The third-order valence-corrected chi connectivity index (χ3v) is 3.59. The number of nitrogens with zero attached hydrogens (tertiary/aromatic N) is 1. The van der Waals surface area contributed by atoms with Crippen LogP contribution in [0.15, 0.2) is 78.9 Å². The zero-order valence-corrected chi connectivity index (χ0v) is 13.5. The summed E-state index contributed by atoms with van der Waals surface area (Å²) in [5, 5.41) is 10.7. The highest BCUT2D eigenvalue weighted by Gasteiger charge is 2.06. The Morgan fingerprint density at radius 2 is 1.48 bits per heavy atom. The van der Waals surface area contributed by atoms with E-state index in [9.17, 15) is 10.1 Å². The zero-order chi connectivity index (χ0) is 17.5. The SMILES string of the molecule is O=[N+]([O-])c1cccc(OCCc2ccc(Oc3ccccc3)cc2)c1. The molecule has 0 aliphatic rings. The summed E-state index contributed by atoms with van der Waals surface area (Å²) in [6, 6.07) is 23.6. The largest absolute Gasteiger partial charge is 0.493 e. The van der Waals surface area contributed by atoms with Gasteiger partial charge in [-0.1, -0.05) is 36.4 Å². The second-order valence-electron chi connectivity index (χ2n) is 5.41. The number of nitro benzene ring substituents is 1. The Kier molecular flexibility index (Phi) is 5.26. The summed E-state index contributed by atoms with van der Waals surface area (Å²) < 4.78 is 11.3. The Morgan fingerprint density at radius 3 is 2.20 bits per heavy atom. The fourth-order valence-electron chi connectivity index (χ4n) is 2.32. The molecule has 0 fully saturated rings. The van der Waals surface area contributed by atoms with Crippen molar-refractivity contribution in [3.63, 3.8) is 0 Å². The van der Waals surface area contributed by atoms with Gasteiger partial charge in [0.1, 0.15) is 17.2 Å². The topological polar surface area (TPSA) is 61.6 Å². The number of ether oxygens (including phenoxy) is 2. The lowest BCUT2D eigenvalue weighted by Gasteiger charge is -2.08. The normalized spacial score (nSPS) is 10.2. The highest BCUT2D eigenvalue weighted by atomic mass is 16.6. The molecule has 126 valence electrons. The van der Waals surface area contributed by atoms with Gasteiger partial charge in [0, 0.05) is 12.5 Å². The summed E-state index contributed by atoms with van der Waals surface area (Å²) in [5.74, 6) is 2.07. The molecule has 0 aliphatic carbocycles. The fourth-order valence-corrected chi connectivity index (χ4v) is 2.32. The Balaban J connectivity index is 1.52. The molecule has 3 aromatic rings. The Morgan fingerprint density at radius 1 is 0.800 bits per heavy atom. The molecule has 0 heterocycles. The van der Waals surface area contributed by atoms with E-state index in [-0.39, 0.29) is 5.69 Å². The second-order valence-corrected chi connectivity index (χ2v) is 5.41. The second kappa shape index (κ2) is 7.97. The summed E-state index contributed by atoms with van der Waals surface area (Å²) in [4.78, 5) is 10.3. The van der Waals surface area contributed by atoms with E-state index < -0.39 is 4.92 Å². The predicted molar refractivity (Wildman–Crippen MR) is 95.3 cm³/mol. The van der Waals surface area contributed by atoms with Crippen molar-refractivity contribution >= 4 is 5.69 Å². The van der Waals surface area contributed by atoms with E-state index in [1.165, 1.54) is 12.1 Å². The molecule has 0 aromatic heterocycles. The van der Waals surface area contributed by atoms with E-state index in [0.29, 0.717) is 18.8 Å². The maximum absolute atomic E-state index is 10.7. The molecule has 0 unspecified atom stereocenters. The van der Waals surface area contributed by atoms with Crippen molar-refractivity contribution in [2.75, 3.05) is 6.61 Å². The van der Waals surface area contributed by atoms with E-state index in [0.717, 1.165) is 17.1 Å². The van der Waals surface area contributed by atoms with Crippen molar-refractivity contribution in [1.29, 1.82) is 0 Å². The van der Waals surface area contributed by atoms with Gasteiger partial charge in [0.15, 0.2) is 0 Å². The molecule has 0 saturated carbocycles. The van der Waals surface area contributed by atoms with Gasteiger partial charge < -0.3 is 9.47 Å². The maximum atomic E-state index is 10.7. The van der Waals surface area contributed by atoms with E-state index in [4.69, 9.17) is 9.47 Å². The molecule has 0 aliphatic heterocycles. The third kappa shape index (κ3) is 4.81. The van der Waals surface area contributed by atoms with Crippen molar-refractivity contribution in [2.24, 2.45) is 0 Å². The fraction of sp³-hybridized carbons (Fsp3) is 0.100. The molecule has 0 N–H and O–H groups in total. The van der Waals surface area contributed by atoms with Crippen LogP contribution < -0.4 is 9.47 Å². The van der Waals surface area contributed by atoms with Crippen LogP contribution in [0.2, 0.25) is 0 Å². The predicted octanol–water partition coefficient (Wildman–Crippen LogP) is 5.01. The number of benzene rings is 3. The van der Waals surface area contributed by atoms with Crippen molar-refractivity contribution in [2.45, 2.75) is 6.42 Å². The lowest BCUT2D eigenvalue weighted by molar-refractivity contribution is -0.384. The van der Waals surface area contributed by atoms with Gasteiger partial charge in [-0.3, -0.25) is 10.1 Å². The average Bonchev–Trinajstić information content (AvgIpc) is 2.64. The van der Waals surface area contributed by atoms with Crippen molar-refractivity contribution < 1.29 is 14.4 Å². The lowest BCUT2D eigenvalue weighted by atomic mass is 10.1. The number of hydrogen-bond acceptors (Lipinski definition) is 4. The Labute approximate surface area is 145 Å². The van der Waals surface area contributed by atoms with E-state index in [1.807, 2.05) is 54.6 Å². The molecule has 0 saturated heterocycles. The maximum Gasteiger partial charge on any atom is 0.273 e. The minimum absolute atomic E-state index is 0.0277. The number of para-hydroxylation sites is 1.